The Balaban J connectivity index is 0. The first-order valence-corrected chi connectivity index (χ1v) is 4.21. The van der Waals surface area contributed by atoms with Crippen LogP contribution >= 0.6 is 24.8 Å². The highest BCUT2D eigenvalue weighted by molar-refractivity contribution is 5.85. The van der Waals surface area contributed by atoms with Crippen molar-refractivity contribution in [3.63, 3.8) is 0 Å². The van der Waals surface area contributed by atoms with Gasteiger partial charge in [-0.25, -0.2) is 0 Å². The van der Waals surface area contributed by atoms with Crippen LogP contribution in [0.5, 0.6) is 0 Å². The Hall–Kier alpha value is -0.940. The molecule has 0 fully saturated rings. The first-order valence-electron chi connectivity index (χ1n) is 4.21. The van der Waals surface area contributed by atoms with E-state index in [-0.39, 0.29) is 30.7 Å². The molecule has 15 heavy (non-hydrogen) atoms. The number of rotatable bonds is 4. The molecule has 1 aromatic rings. The van der Waals surface area contributed by atoms with E-state index >= 15 is 0 Å². The molecule has 0 saturated heterocycles. The van der Waals surface area contributed by atoms with Crippen LogP contribution in [0.15, 0.2) is 12.4 Å². The van der Waals surface area contributed by atoms with E-state index in [1.807, 2.05) is 0 Å². The predicted molar refractivity (Wildman–Crippen MR) is 64.4 cm³/mol. The van der Waals surface area contributed by atoms with Crippen LogP contribution in [0, 0.1) is 0 Å². The number of hydrogen-bond acceptors (Lipinski definition) is 3. The van der Waals surface area contributed by atoms with Crippen molar-refractivity contribution in [1.82, 2.24) is 15.1 Å². The van der Waals surface area contributed by atoms with Crippen LogP contribution in [0.3, 0.4) is 0 Å². The van der Waals surface area contributed by atoms with E-state index in [1.165, 1.54) is 0 Å². The predicted octanol–water partition coefficient (Wildman–Crippen LogP) is 0.835. The number of anilines is 1. The second kappa shape index (κ2) is 8.38. The van der Waals surface area contributed by atoms with E-state index in [1.54, 1.807) is 24.1 Å². The van der Waals surface area contributed by atoms with Gasteiger partial charge in [-0.05, 0) is 6.42 Å². The summed E-state index contributed by atoms with van der Waals surface area (Å²) in [4.78, 5) is 10.8. The Morgan fingerprint density at radius 3 is 2.73 bits per heavy atom. The molecule has 1 rings (SSSR count). The van der Waals surface area contributed by atoms with Gasteiger partial charge in [0.25, 0.3) is 0 Å². The fraction of sp³-hybridized carbons (Fsp3) is 0.500. The maximum absolute atomic E-state index is 10.8. The molecule has 88 valence electrons. The second-order valence-corrected chi connectivity index (χ2v) is 2.81. The molecule has 0 bridgehead atoms. The van der Waals surface area contributed by atoms with Crippen molar-refractivity contribution in [2.45, 2.75) is 19.4 Å². The second-order valence-electron chi connectivity index (χ2n) is 2.81. The Morgan fingerprint density at radius 2 is 2.27 bits per heavy atom. The molecule has 0 saturated carbocycles. The Labute approximate surface area is 101 Å². The number of carbonyl (C=O) groups is 1. The molecule has 0 radical (unpaired) electrons. The van der Waals surface area contributed by atoms with Gasteiger partial charge in [0.15, 0.2) is 0 Å². The third-order valence-corrected chi connectivity index (χ3v) is 1.72. The van der Waals surface area contributed by atoms with E-state index in [0.29, 0.717) is 12.1 Å². The Bertz CT molecular complexity index is 290. The Kier molecular flexibility index (Phi) is 9.21. The average molecular weight is 255 g/mol. The van der Waals surface area contributed by atoms with Gasteiger partial charge in [0.05, 0.1) is 11.9 Å². The first kappa shape index (κ1) is 16.5. The first-order chi connectivity index (χ1) is 6.22. The van der Waals surface area contributed by atoms with Gasteiger partial charge in [-0.1, -0.05) is 0 Å². The van der Waals surface area contributed by atoms with Gasteiger partial charge in [0.1, 0.15) is 0 Å². The molecule has 5 nitrogen and oxygen atoms in total. The van der Waals surface area contributed by atoms with Crippen LogP contribution in [-0.4, -0.2) is 22.7 Å². The molecule has 1 amide bonds. The highest BCUT2D eigenvalue weighted by Crippen LogP contribution is 2.00. The lowest BCUT2D eigenvalue weighted by atomic mass is 10.3. The summed E-state index contributed by atoms with van der Waals surface area (Å²) in [6.07, 6.45) is 4.65. The molecular weight excluding hydrogens is 239 g/mol. The summed E-state index contributed by atoms with van der Waals surface area (Å²) >= 11 is 0. The van der Waals surface area contributed by atoms with Gasteiger partial charge >= 0.3 is 0 Å². The van der Waals surface area contributed by atoms with Crippen LogP contribution in [0.25, 0.3) is 0 Å². The summed E-state index contributed by atoms with van der Waals surface area (Å²) in [7, 11) is 1.63. The maximum Gasteiger partial charge on any atom is 0.219 e. The number of hydrogen-bond donors (Lipinski definition) is 2. The van der Waals surface area contributed by atoms with Gasteiger partial charge < -0.3 is 11.1 Å². The van der Waals surface area contributed by atoms with Crippen LogP contribution in [0.2, 0.25) is 0 Å². The van der Waals surface area contributed by atoms with Gasteiger partial charge in [-0.3, -0.25) is 9.48 Å². The summed E-state index contributed by atoms with van der Waals surface area (Å²) in [5, 5.41) is 6.56. The minimum atomic E-state index is 0. The lowest BCUT2D eigenvalue weighted by molar-refractivity contribution is -0.120. The molecule has 0 spiro atoms. The minimum Gasteiger partial charge on any atom is -0.396 e. The van der Waals surface area contributed by atoms with Gasteiger partial charge in [0, 0.05) is 26.2 Å². The van der Waals surface area contributed by atoms with Crippen molar-refractivity contribution in [2.75, 3.05) is 12.8 Å². The number of nitrogens with one attached hydrogen (secondary N) is 1. The lowest BCUT2D eigenvalue weighted by Crippen LogP contribution is -2.17. The molecule has 0 aliphatic carbocycles. The number of nitrogen functional groups attached to an aromatic ring is 1. The normalized spacial score (nSPS) is 8.60. The van der Waals surface area contributed by atoms with Gasteiger partial charge in [0.2, 0.25) is 5.91 Å². The zero-order valence-electron chi connectivity index (χ0n) is 8.47. The van der Waals surface area contributed by atoms with Crippen molar-refractivity contribution in [1.29, 1.82) is 0 Å². The summed E-state index contributed by atoms with van der Waals surface area (Å²) in [6.45, 7) is 0.727. The molecule has 7 heteroatoms. The van der Waals surface area contributed by atoms with Crippen LogP contribution < -0.4 is 11.1 Å². The van der Waals surface area contributed by atoms with E-state index in [0.717, 1.165) is 13.0 Å². The number of halogens is 2. The summed E-state index contributed by atoms with van der Waals surface area (Å²) in [6, 6.07) is 0. The zero-order valence-corrected chi connectivity index (χ0v) is 10.1. The average Bonchev–Trinajstić information content (AvgIpc) is 2.51. The fourth-order valence-electron chi connectivity index (χ4n) is 1.03. The highest BCUT2D eigenvalue weighted by atomic mass is 35.5. The molecule has 0 aromatic carbocycles. The summed E-state index contributed by atoms with van der Waals surface area (Å²) in [5.74, 6) is 0.0557. The lowest BCUT2D eigenvalue weighted by Gasteiger charge is -2.00. The quantitative estimate of drug-likeness (QED) is 0.837. The maximum atomic E-state index is 10.8. The molecule has 1 heterocycles. The van der Waals surface area contributed by atoms with Gasteiger partial charge in [-0.15, -0.1) is 24.8 Å². The summed E-state index contributed by atoms with van der Waals surface area (Å²) < 4.78 is 1.73. The molecule has 0 aliphatic heterocycles. The fourth-order valence-corrected chi connectivity index (χ4v) is 1.03. The molecule has 3 N–H and O–H groups in total. The van der Waals surface area contributed by atoms with E-state index in [4.69, 9.17) is 5.73 Å². The van der Waals surface area contributed by atoms with Crippen molar-refractivity contribution in [3.8, 4) is 0 Å². The van der Waals surface area contributed by atoms with Gasteiger partial charge in [-0.2, -0.15) is 5.10 Å². The van der Waals surface area contributed by atoms with Crippen molar-refractivity contribution >= 4 is 36.4 Å². The number of amides is 1. The highest BCUT2D eigenvalue weighted by Gasteiger charge is 1.98. The number of nitrogens with zero attached hydrogens (tertiary/aromatic N) is 2. The topological polar surface area (TPSA) is 72.9 Å². The third kappa shape index (κ3) is 6.19. The van der Waals surface area contributed by atoms with Crippen molar-refractivity contribution < 1.29 is 4.79 Å². The SMILES string of the molecule is CNC(=O)CCCn1cc(N)cn1.Cl.Cl. The molecule has 0 unspecified atom stereocenters. The van der Waals surface area contributed by atoms with Crippen LogP contribution in [-0.2, 0) is 11.3 Å². The summed E-state index contributed by atoms with van der Waals surface area (Å²) in [5.41, 5.74) is 6.13. The number of aryl methyl sites for hydroxylation is 1. The Morgan fingerprint density at radius 1 is 1.60 bits per heavy atom. The molecule has 0 atom stereocenters. The molecular formula is C8H16Cl2N4O. The van der Waals surface area contributed by atoms with E-state index in [2.05, 4.69) is 10.4 Å². The van der Waals surface area contributed by atoms with E-state index < -0.39 is 0 Å². The van der Waals surface area contributed by atoms with Crippen LogP contribution in [0.4, 0.5) is 5.69 Å². The van der Waals surface area contributed by atoms with E-state index in [9.17, 15) is 4.79 Å². The monoisotopic (exact) mass is 254 g/mol. The molecule has 1 aromatic heterocycles. The van der Waals surface area contributed by atoms with Crippen LogP contribution in [0.1, 0.15) is 12.8 Å². The largest absolute Gasteiger partial charge is 0.396 e. The number of nitrogens with two attached hydrogens (primary N) is 1. The smallest absolute Gasteiger partial charge is 0.219 e. The third-order valence-electron chi connectivity index (χ3n) is 1.72. The minimum absolute atomic E-state index is 0. The van der Waals surface area contributed by atoms with Crippen molar-refractivity contribution in [3.05, 3.63) is 12.4 Å². The van der Waals surface area contributed by atoms with Crippen molar-refractivity contribution in [2.24, 2.45) is 0 Å². The zero-order chi connectivity index (χ0) is 9.68. The number of carbonyl (C=O) groups excluding carboxylic acids is 1. The molecule has 0 aliphatic rings. The number of aromatic nitrogens is 2. The standard InChI is InChI=1S/C8H14N4O.2ClH/c1-10-8(13)3-2-4-12-6-7(9)5-11-12;;/h5-6H,2-4,9H2,1H3,(H,10,13);2*1H.